The van der Waals surface area contributed by atoms with Gasteiger partial charge in [0.2, 0.25) is 0 Å². The summed E-state index contributed by atoms with van der Waals surface area (Å²) in [6.07, 6.45) is 17.6. The maximum atomic E-state index is 4.75. The molecule has 0 bridgehead atoms. The third-order valence-corrected chi connectivity index (χ3v) is 7.91. The van der Waals surface area contributed by atoms with Crippen molar-refractivity contribution < 1.29 is 0 Å². The Morgan fingerprint density at radius 3 is 2.90 bits per heavy atom. The molecule has 6 rings (SSSR count). The highest BCUT2D eigenvalue weighted by atomic mass is 15.4. The largest absolute Gasteiger partial charge is 0.363 e. The molecule has 5 aliphatic rings. The zero-order valence-electron chi connectivity index (χ0n) is 18.7. The number of allylic oxidation sites excluding steroid dienone is 2. The summed E-state index contributed by atoms with van der Waals surface area (Å²) in [4.78, 5) is 12.3. The highest BCUT2D eigenvalue weighted by Crippen LogP contribution is 2.41. The Morgan fingerprint density at radius 2 is 2.06 bits per heavy atom. The SMILES string of the molecule is Cc1cccnc1C1CCCC(C2=CN3C(N4CCNC5(CC5)C4)=CC=CC3N2)N1C. The van der Waals surface area contributed by atoms with Crippen LogP contribution >= 0.6 is 0 Å². The van der Waals surface area contributed by atoms with Crippen molar-refractivity contribution >= 4 is 0 Å². The van der Waals surface area contributed by atoms with Crippen molar-refractivity contribution in [2.45, 2.75) is 62.8 Å². The highest BCUT2D eigenvalue weighted by Gasteiger charge is 2.47. The molecule has 1 saturated carbocycles. The van der Waals surface area contributed by atoms with E-state index in [1.807, 2.05) is 12.3 Å². The van der Waals surface area contributed by atoms with E-state index >= 15 is 0 Å². The number of aryl methyl sites for hydroxylation is 1. The molecule has 0 amide bonds. The second kappa shape index (κ2) is 7.38. The molecular formula is C25H34N6. The van der Waals surface area contributed by atoms with Gasteiger partial charge in [-0.1, -0.05) is 12.1 Å². The number of pyridine rings is 1. The predicted molar refractivity (Wildman–Crippen MR) is 123 cm³/mol. The number of fused-ring (bicyclic) bond motifs is 1. The van der Waals surface area contributed by atoms with Crippen LogP contribution in [-0.4, -0.2) is 64.1 Å². The van der Waals surface area contributed by atoms with Crippen molar-refractivity contribution in [2.24, 2.45) is 0 Å². The van der Waals surface area contributed by atoms with E-state index in [-0.39, 0.29) is 6.17 Å². The molecule has 6 nitrogen and oxygen atoms in total. The molecule has 1 aromatic rings. The Bertz CT molecular complexity index is 945. The van der Waals surface area contributed by atoms with Crippen LogP contribution in [0.4, 0.5) is 0 Å². The summed E-state index contributed by atoms with van der Waals surface area (Å²) in [5, 5.41) is 7.58. The van der Waals surface area contributed by atoms with E-state index in [1.54, 1.807) is 0 Å². The molecule has 1 aromatic heterocycles. The monoisotopic (exact) mass is 418 g/mol. The van der Waals surface area contributed by atoms with Crippen LogP contribution in [0.3, 0.4) is 0 Å². The second-order valence-corrected chi connectivity index (χ2v) is 9.95. The van der Waals surface area contributed by atoms with E-state index in [4.69, 9.17) is 4.98 Å². The van der Waals surface area contributed by atoms with Crippen LogP contribution in [0.25, 0.3) is 0 Å². The maximum absolute atomic E-state index is 4.75. The predicted octanol–water partition coefficient (Wildman–Crippen LogP) is 2.84. The van der Waals surface area contributed by atoms with E-state index in [1.165, 1.54) is 54.9 Å². The first-order valence-electron chi connectivity index (χ1n) is 11.9. The molecule has 2 saturated heterocycles. The summed E-state index contributed by atoms with van der Waals surface area (Å²) in [5.41, 5.74) is 4.26. The number of likely N-dealkylation sites (tertiary alicyclic amines) is 1. The summed E-state index contributed by atoms with van der Waals surface area (Å²) in [7, 11) is 2.28. The van der Waals surface area contributed by atoms with Crippen LogP contribution < -0.4 is 10.6 Å². The first kappa shape index (κ1) is 19.4. The molecule has 0 aromatic carbocycles. The first-order chi connectivity index (χ1) is 15.1. The fourth-order valence-electron chi connectivity index (χ4n) is 5.96. The lowest BCUT2D eigenvalue weighted by Crippen LogP contribution is -2.54. The third-order valence-electron chi connectivity index (χ3n) is 7.91. The molecular weight excluding hydrogens is 384 g/mol. The van der Waals surface area contributed by atoms with Gasteiger partial charge in [-0.2, -0.15) is 0 Å². The van der Waals surface area contributed by atoms with Crippen LogP contribution in [0.1, 0.15) is 49.4 Å². The third kappa shape index (κ3) is 3.37. The minimum Gasteiger partial charge on any atom is -0.363 e. The number of piperazine rings is 1. The summed E-state index contributed by atoms with van der Waals surface area (Å²) in [6, 6.07) is 5.02. The summed E-state index contributed by atoms with van der Waals surface area (Å²) >= 11 is 0. The van der Waals surface area contributed by atoms with Crippen molar-refractivity contribution in [2.75, 3.05) is 26.7 Å². The standard InChI is InChI=1S/C25H34N6/c1-18-6-5-13-26-24(18)21-8-3-7-20(29(21)2)19-16-31-22(28-19)9-4-10-23(31)30-15-14-27-25(17-30)11-12-25/h4-6,9-10,13,16,20-22,27-28H,3,7-8,11-12,14-15,17H2,1-2H3. The van der Waals surface area contributed by atoms with Gasteiger partial charge in [-0.15, -0.1) is 0 Å². The average Bonchev–Trinajstić information content (AvgIpc) is 3.37. The van der Waals surface area contributed by atoms with Crippen molar-refractivity contribution in [3.8, 4) is 0 Å². The molecule has 1 aliphatic carbocycles. The molecule has 2 N–H and O–H groups in total. The van der Waals surface area contributed by atoms with Gasteiger partial charge in [0.25, 0.3) is 0 Å². The number of hydrogen-bond donors (Lipinski definition) is 2. The zero-order chi connectivity index (χ0) is 21.0. The van der Waals surface area contributed by atoms with Gasteiger partial charge in [-0.05, 0) is 69.9 Å². The number of nitrogens with one attached hydrogen (secondary N) is 2. The minimum atomic E-state index is 0.227. The molecule has 5 heterocycles. The highest BCUT2D eigenvalue weighted by molar-refractivity contribution is 5.32. The van der Waals surface area contributed by atoms with E-state index in [9.17, 15) is 0 Å². The molecule has 4 aliphatic heterocycles. The van der Waals surface area contributed by atoms with Crippen molar-refractivity contribution in [3.63, 3.8) is 0 Å². The quantitative estimate of drug-likeness (QED) is 0.787. The Labute approximate surface area is 185 Å². The Balaban J connectivity index is 1.23. The van der Waals surface area contributed by atoms with E-state index in [2.05, 4.69) is 69.8 Å². The summed E-state index contributed by atoms with van der Waals surface area (Å²) in [6.45, 7) is 5.48. The number of likely N-dealkylation sites (N-methyl/N-ethyl adjacent to an activating group) is 1. The van der Waals surface area contributed by atoms with Gasteiger partial charge in [0.05, 0.1) is 17.8 Å². The van der Waals surface area contributed by atoms with Crippen molar-refractivity contribution in [3.05, 3.63) is 65.5 Å². The fourth-order valence-corrected chi connectivity index (χ4v) is 5.96. The van der Waals surface area contributed by atoms with Crippen LogP contribution in [-0.2, 0) is 0 Å². The van der Waals surface area contributed by atoms with Crippen molar-refractivity contribution in [1.82, 2.24) is 30.3 Å². The van der Waals surface area contributed by atoms with Gasteiger partial charge < -0.3 is 20.4 Å². The van der Waals surface area contributed by atoms with Gasteiger partial charge in [-0.3, -0.25) is 9.88 Å². The smallest absolute Gasteiger partial charge is 0.124 e. The van der Waals surface area contributed by atoms with Gasteiger partial charge in [0, 0.05) is 43.3 Å². The molecule has 31 heavy (non-hydrogen) atoms. The van der Waals surface area contributed by atoms with E-state index in [0.717, 1.165) is 19.6 Å². The molecule has 164 valence electrons. The van der Waals surface area contributed by atoms with Gasteiger partial charge in [0.1, 0.15) is 12.0 Å². The first-order valence-corrected chi connectivity index (χ1v) is 11.9. The number of nitrogens with zero attached hydrogens (tertiary/aromatic N) is 4. The second-order valence-electron chi connectivity index (χ2n) is 9.95. The maximum Gasteiger partial charge on any atom is 0.124 e. The minimum absolute atomic E-state index is 0.227. The Kier molecular flexibility index (Phi) is 4.62. The van der Waals surface area contributed by atoms with Crippen LogP contribution in [0.2, 0.25) is 0 Å². The number of hydrogen-bond acceptors (Lipinski definition) is 6. The summed E-state index contributed by atoms with van der Waals surface area (Å²) in [5.74, 6) is 1.35. The van der Waals surface area contributed by atoms with Gasteiger partial charge in [-0.25, -0.2) is 0 Å². The molecule has 3 unspecified atom stereocenters. The molecule has 3 atom stereocenters. The van der Waals surface area contributed by atoms with Crippen molar-refractivity contribution in [1.29, 1.82) is 0 Å². The van der Waals surface area contributed by atoms with E-state index < -0.39 is 0 Å². The number of aromatic nitrogens is 1. The van der Waals surface area contributed by atoms with Crippen LogP contribution in [0.15, 0.2) is 54.3 Å². The van der Waals surface area contributed by atoms with Crippen LogP contribution in [0.5, 0.6) is 0 Å². The average molecular weight is 419 g/mol. The van der Waals surface area contributed by atoms with E-state index in [0.29, 0.717) is 17.6 Å². The topological polar surface area (TPSA) is 46.7 Å². The molecule has 0 radical (unpaired) electrons. The molecule has 6 heteroatoms. The number of rotatable bonds is 3. The normalized spacial score (nSPS) is 31.9. The lowest BCUT2D eigenvalue weighted by atomic mass is 9.91. The lowest BCUT2D eigenvalue weighted by molar-refractivity contribution is 0.128. The summed E-state index contributed by atoms with van der Waals surface area (Å²) < 4.78 is 0. The fraction of sp³-hybridized carbons (Fsp3) is 0.560. The number of piperidine rings is 1. The van der Waals surface area contributed by atoms with Gasteiger partial charge >= 0.3 is 0 Å². The molecule has 3 fully saturated rings. The molecule has 1 spiro atoms. The lowest BCUT2D eigenvalue weighted by Gasteiger charge is -2.41. The zero-order valence-corrected chi connectivity index (χ0v) is 18.7. The Morgan fingerprint density at radius 1 is 1.19 bits per heavy atom. The van der Waals surface area contributed by atoms with Crippen LogP contribution in [0, 0.1) is 6.92 Å². The Hall–Kier alpha value is -2.31. The van der Waals surface area contributed by atoms with Gasteiger partial charge in [0.15, 0.2) is 0 Å².